The van der Waals surface area contributed by atoms with E-state index in [1.165, 1.54) is 0 Å². The van der Waals surface area contributed by atoms with Crippen molar-refractivity contribution >= 4 is 5.91 Å². The van der Waals surface area contributed by atoms with Gasteiger partial charge in [0.1, 0.15) is 5.76 Å². The molecule has 2 N–H and O–H groups in total. The summed E-state index contributed by atoms with van der Waals surface area (Å²) in [6.45, 7) is 3.05. The zero-order valence-corrected chi connectivity index (χ0v) is 13.0. The Labute approximate surface area is 131 Å². The van der Waals surface area contributed by atoms with Gasteiger partial charge in [0, 0.05) is 12.0 Å². The molecular formula is C18H23NO3. The average Bonchev–Trinajstić information content (AvgIpc) is 3.34. The summed E-state index contributed by atoms with van der Waals surface area (Å²) in [5.41, 5.74) is 1.46. The first-order valence-electron chi connectivity index (χ1n) is 7.96. The summed E-state index contributed by atoms with van der Waals surface area (Å²) >= 11 is 0. The van der Waals surface area contributed by atoms with E-state index in [9.17, 15) is 9.90 Å². The monoisotopic (exact) mass is 301 g/mol. The van der Waals surface area contributed by atoms with Gasteiger partial charge in [-0.2, -0.15) is 0 Å². The first-order chi connectivity index (χ1) is 10.6. The van der Waals surface area contributed by atoms with E-state index in [2.05, 4.69) is 5.32 Å². The number of hydrogen-bond acceptors (Lipinski definition) is 3. The van der Waals surface area contributed by atoms with Gasteiger partial charge in [-0.05, 0) is 38.2 Å². The maximum atomic E-state index is 12.3. The minimum Gasteiger partial charge on any atom is -0.498 e. The molecule has 1 atom stereocenters. The first kappa shape index (κ1) is 15.1. The number of ether oxygens (including phenoxy) is 1. The molecule has 1 saturated carbocycles. The fraction of sp³-hybridized carbons (Fsp3) is 0.500. The van der Waals surface area contributed by atoms with Crippen molar-refractivity contribution in [3.63, 3.8) is 0 Å². The zero-order chi connectivity index (χ0) is 15.6. The second-order valence-electron chi connectivity index (χ2n) is 6.35. The molecule has 0 spiro atoms. The van der Waals surface area contributed by atoms with Crippen LogP contribution in [-0.2, 0) is 9.53 Å². The van der Waals surface area contributed by atoms with Gasteiger partial charge < -0.3 is 15.2 Å². The van der Waals surface area contributed by atoms with Gasteiger partial charge in [-0.1, -0.05) is 30.3 Å². The second kappa shape index (κ2) is 6.13. The van der Waals surface area contributed by atoms with Crippen LogP contribution in [0, 0.1) is 5.41 Å². The summed E-state index contributed by atoms with van der Waals surface area (Å²) in [6, 6.07) is 9.68. The van der Waals surface area contributed by atoms with Crippen molar-refractivity contribution in [2.45, 2.75) is 38.7 Å². The third-order valence-corrected chi connectivity index (χ3v) is 4.78. The summed E-state index contributed by atoms with van der Waals surface area (Å²) in [4.78, 5) is 12.3. The van der Waals surface area contributed by atoms with Gasteiger partial charge in [-0.15, -0.1) is 0 Å². The van der Waals surface area contributed by atoms with E-state index < -0.39 is 6.10 Å². The molecule has 0 radical (unpaired) electrons. The van der Waals surface area contributed by atoms with Gasteiger partial charge in [0.15, 0.2) is 0 Å². The van der Waals surface area contributed by atoms with Crippen LogP contribution in [0.25, 0.3) is 0 Å². The Morgan fingerprint density at radius 3 is 2.73 bits per heavy atom. The van der Waals surface area contributed by atoms with Gasteiger partial charge >= 0.3 is 0 Å². The van der Waals surface area contributed by atoms with Crippen LogP contribution in [0.15, 0.2) is 41.7 Å². The van der Waals surface area contributed by atoms with Gasteiger partial charge in [-0.25, -0.2) is 0 Å². The van der Waals surface area contributed by atoms with Crippen LogP contribution >= 0.6 is 0 Å². The highest BCUT2D eigenvalue weighted by molar-refractivity contribution is 5.93. The smallest absolute Gasteiger partial charge is 0.250 e. The first-order valence-corrected chi connectivity index (χ1v) is 7.96. The number of benzene rings is 1. The number of carbonyl (C=O) groups is 1. The molecule has 2 aliphatic rings. The number of nitrogens with one attached hydrogen (secondary N) is 1. The quantitative estimate of drug-likeness (QED) is 0.879. The fourth-order valence-electron chi connectivity index (χ4n) is 3.07. The number of allylic oxidation sites excluding steroid dienone is 1. The summed E-state index contributed by atoms with van der Waals surface area (Å²) in [5.74, 6) is 0.681. The largest absolute Gasteiger partial charge is 0.498 e. The lowest BCUT2D eigenvalue weighted by atomic mass is 9.92. The van der Waals surface area contributed by atoms with E-state index in [4.69, 9.17) is 4.74 Å². The Morgan fingerprint density at radius 1 is 1.36 bits per heavy atom. The van der Waals surface area contributed by atoms with Crippen molar-refractivity contribution in [2.24, 2.45) is 5.41 Å². The van der Waals surface area contributed by atoms with Crippen LogP contribution in [0.1, 0.15) is 44.3 Å². The predicted octanol–water partition coefficient (Wildman–Crippen LogP) is 2.70. The lowest BCUT2D eigenvalue weighted by molar-refractivity contribution is -0.118. The number of hydrogen-bond donors (Lipinski definition) is 2. The summed E-state index contributed by atoms with van der Waals surface area (Å²) < 4.78 is 5.45. The Kier molecular flexibility index (Phi) is 4.21. The maximum absolute atomic E-state index is 12.3. The normalized spacial score (nSPS) is 21.0. The number of rotatable bonds is 5. The highest BCUT2D eigenvalue weighted by Crippen LogP contribution is 2.54. The molecule has 1 aromatic carbocycles. The Morgan fingerprint density at radius 2 is 2.09 bits per heavy atom. The Bertz CT molecular complexity index is 575. The molecule has 1 aliphatic heterocycles. The molecule has 1 amide bonds. The van der Waals surface area contributed by atoms with E-state index >= 15 is 0 Å². The Balaban J connectivity index is 1.62. The minimum atomic E-state index is -0.522. The van der Waals surface area contributed by atoms with Gasteiger partial charge in [0.2, 0.25) is 0 Å². The van der Waals surface area contributed by atoms with Crippen molar-refractivity contribution in [1.29, 1.82) is 0 Å². The van der Waals surface area contributed by atoms with E-state index in [-0.39, 0.29) is 11.3 Å². The van der Waals surface area contributed by atoms with E-state index in [1.807, 2.05) is 37.3 Å². The van der Waals surface area contributed by atoms with Gasteiger partial charge in [0.25, 0.3) is 5.91 Å². The number of amides is 1. The third kappa shape index (κ3) is 3.02. The van der Waals surface area contributed by atoms with Crippen molar-refractivity contribution < 1.29 is 14.6 Å². The number of aliphatic hydroxyl groups excluding tert-OH is 1. The summed E-state index contributed by atoms with van der Waals surface area (Å²) in [7, 11) is 0. The number of carbonyl (C=O) groups excluding carboxylic acids is 1. The lowest BCUT2D eigenvalue weighted by Gasteiger charge is -2.24. The molecule has 0 saturated heterocycles. The molecule has 1 aliphatic carbocycles. The standard InChI is InChI=1S/C18H23NO3/c1-13-15(8-5-11-22-13)17(21)19-12-18(9-10-18)16(20)14-6-3-2-4-7-14/h2-4,6-7,16,20H,5,8-12H2,1H3,(H,19,21). The maximum Gasteiger partial charge on any atom is 0.250 e. The van der Waals surface area contributed by atoms with Crippen molar-refractivity contribution in [3.05, 3.63) is 47.2 Å². The molecule has 1 heterocycles. The molecule has 1 unspecified atom stereocenters. The highest BCUT2D eigenvalue weighted by atomic mass is 16.5. The molecule has 0 aromatic heterocycles. The average molecular weight is 301 g/mol. The van der Waals surface area contributed by atoms with Crippen molar-refractivity contribution in [3.8, 4) is 0 Å². The topological polar surface area (TPSA) is 58.6 Å². The minimum absolute atomic E-state index is 0.0521. The van der Waals surface area contributed by atoms with Crippen LogP contribution < -0.4 is 5.32 Å². The van der Waals surface area contributed by atoms with E-state index in [1.54, 1.807) is 0 Å². The fourth-order valence-corrected chi connectivity index (χ4v) is 3.07. The van der Waals surface area contributed by atoms with Crippen LogP contribution in [-0.4, -0.2) is 24.2 Å². The zero-order valence-electron chi connectivity index (χ0n) is 13.0. The van der Waals surface area contributed by atoms with Crippen molar-refractivity contribution in [2.75, 3.05) is 13.2 Å². The summed E-state index contributed by atoms with van der Waals surface area (Å²) in [6.07, 6.45) is 3.02. The highest BCUT2D eigenvalue weighted by Gasteiger charge is 2.49. The number of aliphatic hydroxyl groups is 1. The van der Waals surface area contributed by atoms with Gasteiger partial charge in [-0.3, -0.25) is 4.79 Å². The van der Waals surface area contributed by atoms with Crippen LogP contribution in [0.2, 0.25) is 0 Å². The predicted molar refractivity (Wildman–Crippen MR) is 84.0 cm³/mol. The molecule has 4 nitrogen and oxygen atoms in total. The molecule has 4 heteroatoms. The van der Waals surface area contributed by atoms with Crippen LogP contribution in [0.5, 0.6) is 0 Å². The lowest BCUT2D eigenvalue weighted by Crippen LogP contribution is -2.35. The van der Waals surface area contributed by atoms with E-state index in [0.717, 1.165) is 42.6 Å². The Hall–Kier alpha value is -1.81. The van der Waals surface area contributed by atoms with Crippen LogP contribution in [0.4, 0.5) is 0 Å². The molecule has 0 bridgehead atoms. The molecule has 118 valence electrons. The molecule has 1 aromatic rings. The molecular weight excluding hydrogens is 278 g/mol. The molecule has 1 fully saturated rings. The second-order valence-corrected chi connectivity index (χ2v) is 6.35. The SMILES string of the molecule is CC1=C(C(=O)NCC2(C(O)c3ccccc3)CC2)CCCO1. The van der Waals surface area contributed by atoms with Crippen LogP contribution in [0.3, 0.4) is 0 Å². The van der Waals surface area contributed by atoms with E-state index in [0.29, 0.717) is 13.2 Å². The third-order valence-electron chi connectivity index (χ3n) is 4.78. The van der Waals surface area contributed by atoms with Gasteiger partial charge in [0.05, 0.1) is 18.3 Å². The van der Waals surface area contributed by atoms with Crippen molar-refractivity contribution in [1.82, 2.24) is 5.32 Å². The molecule has 3 rings (SSSR count). The molecule has 22 heavy (non-hydrogen) atoms. The summed E-state index contributed by atoms with van der Waals surface area (Å²) in [5, 5.41) is 13.6.